The first-order valence-corrected chi connectivity index (χ1v) is 4.33. The lowest BCUT2D eigenvalue weighted by atomic mass is 10.1. The molecule has 5 heteroatoms. The number of aliphatic hydroxyl groups is 1. The van der Waals surface area contributed by atoms with Gasteiger partial charge in [-0.05, 0) is 6.92 Å². The Kier molecular flexibility index (Phi) is 3.24. The third-order valence-electron chi connectivity index (χ3n) is 1.96. The maximum absolute atomic E-state index is 11.3. The minimum atomic E-state index is -0.506. The number of methoxy groups -OCH3 is 1. The van der Waals surface area contributed by atoms with Gasteiger partial charge in [-0.15, -0.1) is 0 Å². The number of hydrogen-bond acceptors (Lipinski definition) is 4. The van der Waals surface area contributed by atoms with Gasteiger partial charge in [0.25, 0.3) is 0 Å². The lowest BCUT2D eigenvalue weighted by Crippen LogP contribution is -2.13. The number of ether oxygens (including phenoxy) is 1. The molecule has 0 aliphatic heterocycles. The molecule has 1 aromatic heterocycles. The van der Waals surface area contributed by atoms with Crippen LogP contribution in [-0.4, -0.2) is 34.1 Å². The Morgan fingerprint density at radius 2 is 2.43 bits per heavy atom. The van der Waals surface area contributed by atoms with Crippen LogP contribution in [0.5, 0.6) is 0 Å². The van der Waals surface area contributed by atoms with E-state index in [9.17, 15) is 9.90 Å². The molecule has 0 bridgehead atoms. The molecular weight excluding hydrogens is 184 g/mol. The van der Waals surface area contributed by atoms with Gasteiger partial charge in [-0.1, -0.05) is 0 Å². The van der Waals surface area contributed by atoms with Crippen LogP contribution in [0.4, 0.5) is 0 Å². The predicted octanol–water partition coefficient (Wildman–Crippen LogP) is 0.130. The Morgan fingerprint density at radius 3 is 2.93 bits per heavy atom. The highest BCUT2D eigenvalue weighted by molar-refractivity contribution is 5.90. The van der Waals surface area contributed by atoms with Crippen molar-refractivity contribution >= 4 is 5.97 Å². The van der Waals surface area contributed by atoms with Crippen LogP contribution in [-0.2, 0) is 18.2 Å². The van der Waals surface area contributed by atoms with Gasteiger partial charge >= 0.3 is 5.97 Å². The third-order valence-corrected chi connectivity index (χ3v) is 1.96. The van der Waals surface area contributed by atoms with Crippen molar-refractivity contribution in [3.63, 3.8) is 0 Å². The molecule has 0 unspecified atom stereocenters. The van der Waals surface area contributed by atoms with Gasteiger partial charge in [0.05, 0.1) is 25.1 Å². The second-order valence-corrected chi connectivity index (χ2v) is 3.17. The van der Waals surface area contributed by atoms with Crippen molar-refractivity contribution in [3.8, 4) is 0 Å². The fourth-order valence-corrected chi connectivity index (χ4v) is 1.27. The molecule has 0 aliphatic carbocycles. The minimum absolute atomic E-state index is 0.390. The van der Waals surface area contributed by atoms with E-state index in [4.69, 9.17) is 0 Å². The summed E-state index contributed by atoms with van der Waals surface area (Å²) in [6.07, 6.45) is 1.33. The van der Waals surface area contributed by atoms with Crippen LogP contribution in [0.25, 0.3) is 0 Å². The second-order valence-electron chi connectivity index (χ2n) is 3.17. The molecule has 1 N–H and O–H groups in total. The molecule has 1 aromatic rings. The lowest BCUT2D eigenvalue weighted by Gasteiger charge is -2.06. The van der Waals surface area contributed by atoms with E-state index in [0.29, 0.717) is 17.7 Å². The number of aliphatic hydroxyl groups excluding tert-OH is 1. The van der Waals surface area contributed by atoms with Crippen molar-refractivity contribution < 1.29 is 14.6 Å². The molecule has 0 saturated carbocycles. The van der Waals surface area contributed by atoms with E-state index >= 15 is 0 Å². The third kappa shape index (κ3) is 2.11. The van der Waals surface area contributed by atoms with Crippen molar-refractivity contribution in [2.75, 3.05) is 7.11 Å². The summed E-state index contributed by atoms with van der Waals surface area (Å²) in [5.41, 5.74) is 1.10. The maximum atomic E-state index is 11.3. The first-order chi connectivity index (χ1) is 6.56. The number of hydrogen-bond donors (Lipinski definition) is 1. The standard InChI is InChI=1S/C9H14N2O3/c1-6(12)4-8-7(9(13)14-3)5-10-11(8)2/h5-6,12H,4H2,1-3H3/t6-/m1/s1. The maximum Gasteiger partial charge on any atom is 0.341 e. The van der Waals surface area contributed by atoms with Gasteiger partial charge in [0.1, 0.15) is 5.56 Å². The molecule has 0 spiro atoms. The van der Waals surface area contributed by atoms with E-state index in [2.05, 4.69) is 9.84 Å². The topological polar surface area (TPSA) is 64.3 Å². The Labute approximate surface area is 82.3 Å². The average molecular weight is 198 g/mol. The summed E-state index contributed by atoms with van der Waals surface area (Å²) in [4.78, 5) is 11.3. The number of aromatic nitrogens is 2. The molecule has 0 aliphatic rings. The summed E-state index contributed by atoms with van der Waals surface area (Å²) >= 11 is 0. The second kappa shape index (κ2) is 4.23. The molecule has 0 aromatic carbocycles. The molecule has 1 rings (SSSR count). The summed E-state index contributed by atoms with van der Waals surface area (Å²) in [6.45, 7) is 1.66. The van der Waals surface area contributed by atoms with Gasteiger partial charge in [-0.3, -0.25) is 4.68 Å². The van der Waals surface area contributed by atoms with Crippen molar-refractivity contribution in [2.24, 2.45) is 7.05 Å². The highest BCUT2D eigenvalue weighted by Gasteiger charge is 2.17. The number of rotatable bonds is 3. The smallest absolute Gasteiger partial charge is 0.341 e. The van der Waals surface area contributed by atoms with Crippen molar-refractivity contribution in [3.05, 3.63) is 17.5 Å². The molecule has 5 nitrogen and oxygen atoms in total. The van der Waals surface area contributed by atoms with E-state index in [1.54, 1.807) is 18.7 Å². The van der Waals surface area contributed by atoms with Crippen LogP contribution in [0.15, 0.2) is 6.20 Å². The van der Waals surface area contributed by atoms with Gasteiger partial charge in [0.15, 0.2) is 0 Å². The molecular formula is C9H14N2O3. The van der Waals surface area contributed by atoms with Crippen LogP contribution < -0.4 is 0 Å². The molecule has 0 amide bonds. The molecule has 14 heavy (non-hydrogen) atoms. The van der Waals surface area contributed by atoms with Crippen LogP contribution in [0.2, 0.25) is 0 Å². The Balaban J connectivity index is 2.99. The summed E-state index contributed by atoms with van der Waals surface area (Å²) < 4.78 is 6.17. The molecule has 0 fully saturated rings. The zero-order valence-corrected chi connectivity index (χ0v) is 8.52. The van der Waals surface area contributed by atoms with Crippen LogP contribution in [0, 0.1) is 0 Å². The molecule has 0 radical (unpaired) electrons. The van der Waals surface area contributed by atoms with E-state index in [1.165, 1.54) is 13.3 Å². The fourth-order valence-electron chi connectivity index (χ4n) is 1.27. The number of nitrogens with zero attached hydrogens (tertiary/aromatic N) is 2. The largest absolute Gasteiger partial charge is 0.465 e. The first-order valence-electron chi connectivity index (χ1n) is 4.33. The predicted molar refractivity (Wildman–Crippen MR) is 49.9 cm³/mol. The van der Waals surface area contributed by atoms with E-state index in [-0.39, 0.29) is 0 Å². The monoisotopic (exact) mass is 198 g/mol. The summed E-state index contributed by atoms with van der Waals surface area (Å²) in [5.74, 6) is -0.422. The minimum Gasteiger partial charge on any atom is -0.465 e. The fraction of sp³-hybridized carbons (Fsp3) is 0.556. The van der Waals surface area contributed by atoms with E-state index in [1.807, 2.05) is 0 Å². The molecule has 1 atom stereocenters. The quantitative estimate of drug-likeness (QED) is 0.701. The molecule has 0 saturated heterocycles. The Hall–Kier alpha value is -1.36. The highest BCUT2D eigenvalue weighted by Crippen LogP contribution is 2.11. The number of carbonyl (C=O) groups is 1. The van der Waals surface area contributed by atoms with Crippen molar-refractivity contribution in [1.82, 2.24) is 9.78 Å². The summed E-state index contributed by atoms with van der Waals surface area (Å²) in [7, 11) is 3.05. The van der Waals surface area contributed by atoms with Crippen LogP contribution >= 0.6 is 0 Å². The Morgan fingerprint density at radius 1 is 1.79 bits per heavy atom. The normalized spacial score (nSPS) is 12.6. The number of carbonyl (C=O) groups excluding carboxylic acids is 1. The average Bonchev–Trinajstić information content (AvgIpc) is 2.46. The van der Waals surface area contributed by atoms with Gasteiger partial charge < -0.3 is 9.84 Å². The van der Waals surface area contributed by atoms with Crippen LogP contribution in [0.3, 0.4) is 0 Å². The van der Waals surface area contributed by atoms with Crippen LogP contribution in [0.1, 0.15) is 23.0 Å². The Bertz CT molecular complexity index is 331. The zero-order valence-electron chi connectivity index (χ0n) is 8.52. The summed E-state index contributed by atoms with van der Waals surface area (Å²) in [6, 6.07) is 0. The van der Waals surface area contributed by atoms with Crippen molar-refractivity contribution in [2.45, 2.75) is 19.4 Å². The highest BCUT2D eigenvalue weighted by atomic mass is 16.5. The van der Waals surface area contributed by atoms with Crippen molar-refractivity contribution in [1.29, 1.82) is 0 Å². The lowest BCUT2D eigenvalue weighted by molar-refractivity contribution is 0.0598. The molecule has 78 valence electrons. The number of esters is 1. The van der Waals surface area contributed by atoms with Gasteiger partial charge in [0, 0.05) is 13.5 Å². The van der Waals surface area contributed by atoms with E-state index < -0.39 is 12.1 Å². The zero-order chi connectivity index (χ0) is 10.7. The van der Waals surface area contributed by atoms with E-state index in [0.717, 1.165) is 0 Å². The SMILES string of the molecule is COC(=O)c1cnn(C)c1C[C@@H](C)O. The number of aryl methyl sites for hydroxylation is 1. The first kappa shape index (κ1) is 10.7. The van der Waals surface area contributed by atoms with Gasteiger partial charge in [-0.2, -0.15) is 5.10 Å². The molecule has 1 heterocycles. The summed E-state index contributed by atoms with van der Waals surface area (Å²) in [5, 5.41) is 13.2. The van der Waals surface area contributed by atoms with Gasteiger partial charge in [-0.25, -0.2) is 4.79 Å². The van der Waals surface area contributed by atoms with Gasteiger partial charge in [0.2, 0.25) is 0 Å².